The van der Waals surface area contributed by atoms with Crippen LogP contribution in [-0.2, 0) is 0 Å². The summed E-state index contributed by atoms with van der Waals surface area (Å²) in [6.07, 6.45) is 7.21. The van der Waals surface area contributed by atoms with E-state index < -0.39 is 0 Å². The van der Waals surface area contributed by atoms with Crippen LogP contribution in [0.2, 0.25) is 0 Å². The minimum Gasteiger partial charge on any atom is -0.314 e. The van der Waals surface area contributed by atoms with Gasteiger partial charge in [0, 0.05) is 6.54 Å². The third kappa shape index (κ3) is 2.93. The van der Waals surface area contributed by atoms with E-state index in [0.29, 0.717) is 0 Å². The van der Waals surface area contributed by atoms with Gasteiger partial charge >= 0.3 is 0 Å². The van der Waals surface area contributed by atoms with E-state index in [1.165, 1.54) is 24.0 Å². The van der Waals surface area contributed by atoms with Gasteiger partial charge in [0.25, 0.3) is 0 Å². The minimum atomic E-state index is 0.838. The van der Waals surface area contributed by atoms with Crippen molar-refractivity contribution >= 4 is 6.08 Å². The molecule has 0 unspecified atom stereocenters. The number of hydrogen-bond donors (Lipinski definition) is 1. The van der Waals surface area contributed by atoms with Gasteiger partial charge < -0.3 is 5.32 Å². The van der Waals surface area contributed by atoms with Crippen LogP contribution in [0.25, 0.3) is 6.08 Å². The maximum atomic E-state index is 3.30. The molecule has 0 heterocycles. The molecule has 0 aromatic heterocycles. The monoisotopic (exact) mass is 201 g/mol. The molecule has 1 nitrogen and oxygen atoms in total. The highest BCUT2D eigenvalue weighted by Crippen LogP contribution is 2.41. The van der Waals surface area contributed by atoms with E-state index in [-0.39, 0.29) is 0 Å². The summed E-state index contributed by atoms with van der Waals surface area (Å²) >= 11 is 0. The van der Waals surface area contributed by atoms with Crippen molar-refractivity contribution in [1.82, 2.24) is 5.32 Å². The lowest BCUT2D eigenvalue weighted by Gasteiger charge is -2.03. The lowest BCUT2D eigenvalue weighted by Crippen LogP contribution is -2.11. The average Bonchev–Trinajstić information content (AvgIpc) is 3.09. The van der Waals surface area contributed by atoms with Gasteiger partial charge in [0.15, 0.2) is 0 Å². The smallest absolute Gasteiger partial charge is 0.0138 e. The molecule has 1 fully saturated rings. The molecule has 1 heteroatoms. The normalized spacial score (nSPS) is 16.1. The second-order valence-corrected chi connectivity index (χ2v) is 4.11. The molecule has 1 aromatic rings. The summed E-state index contributed by atoms with van der Waals surface area (Å²) < 4.78 is 0. The molecule has 0 saturated heterocycles. The predicted molar refractivity (Wildman–Crippen MR) is 66.0 cm³/mol. The first-order chi connectivity index (χ1) is 7.42. The van der Waals surface area contributed by atoms with Gasteiger partial charge in [0.2, 0.25) is 0 Å². The largest absolute Gasteiger partial charge is 0.314 e. The Morgan fingerprint density at radius 2 is 2.13 bits per heavy atom. The third-order valence-corrected chi connectivity index (χ3v) is 2.82. The van der Waals surface area contributed by atoms with Gasteiger partial charge in [-0.1, -0.05) is 43.3 Å². The van der Waals surface area contributed by atoms with Crippen LogP contribution in [0, 0.1) is 0 Å². The Morgan fingerprint density at radius 3 is 2.87 bits per heavy atom. The van der Waals surface area contributed by atoms with E-state index in [0.717, 1.165) is 19.0 Å². The number of rotatable bonds is 5. The fourth-order valence-corrected chi connectivity index (χ4v) is 1.84. The molecule has 80 valence electrons. The van der Waals surface area contributed by atoms with Crippen LogP contribution in [-0.4, -0.2) is 13.1 Å². The molecule has 1 N–H and O–H groups in total. The molecule has 0 bridgehead atoms. The summed E-state index contributed by atoms with van der Waals surface area (Å²) in [7, 11) is 0. The predicted octanol–water partition coefficient (Wildman–Crippen LogP) is 3.19. The zero-order valence-electron chi connectivity index (χ0n) is 9.37. The SMILES string of the molecule is CCNCC=Cc1ccccc1C1CC1. The van der Waals surface area contributed by atoms with Crippen LogP contribution in [0.15, 0.2) is 30.3 Å². The molecule has 0 aliphatic heterocycles. The van der Waals surface area contributed by atoms with Gasteiger partial charge in [0.05, 0.1) is 0 Å². The molecule has 0 atom stereocenters. The van der Waals surface area contributed by atoms with Crippen LogP contribution in [0.4, 0.5) is 0 Å². The Labute approximate surface area is 92.2 Å². The maximum absolute atomic E-state index is 3.30. The molecule has 0 spiro atoms. The van der Waals surface area contributed by atoms with Crippen molar-refractivity contribution in [1.29, 1.82) is 0 Å². The average molecular weight is 201 g/mol. The Kier molecular flexibility index (Phi) is 3.57. The number of nitrogens with one attached hydrogen (secondary N) is 1. The highest BCUT2D eigenvalue weighted by Gasteiger charge is 2.24. The summed E-state index contributed by atoms with van der Waals surface area (Å²) in [6, 6.07) is 8.76. The topological polar surface area (TPSA) is 12.0 Å². The Bertz CT molecular complexity index is 337. The molecule has 0 amide bonds. The lowest BCUT2D eigenvalue weighted by molar-refractivity contribution is 0.801. The van der Waals surface area contributed by atoms with Gasteiger partial charge in [-0.3, -0.25) is 0 Å². The van der Waals surface area contributed by atoms with Gasteiger partial charge in [-0.25, -0.2) is 0 Å². The fourth-order valence-electron chi connectivity index (χ4n) is 1.84. The number of likely N-dealkylation sites (N-methyl/N-ethyl adjacent to an activating group) is 1. The van der Waals surface area contributed by atoms with Crippen molar-refractivity contribution in [3.8, 4) is 0 Å². The van der Waals surface area contributed by atoms with Crippen LogP contribution in [0.1, 0.15) is 36.8 Å². The Morgan fingerprint density at radius 1 is 1.33 bits per heavy atom. The van der Waals surface area contributed by atoms with E-state index >= 15 is 0 Å². The van der Waals surface area contributed by atoms with Crippen LogP contribution < -0.4 is 5.32 Å². The van der Waals surface area contributed by atoms with Crippen LogP contribution >= 0.6 is 0 Å². The number of hydrogen-bond acceptors (Lipinski definition) is 1. The first-order valence-electron chi connectivity index (χ1n) is 5.88. The van der Waals surface area contributed by atoms with Gasteiger partial charge in [-0.2, -0.15) is 0 Å². The molecule has 0 radical (unpaired) electrons. The molecule has 1 aliphatic rings. The highest BCUT2D eigenvalue weighted by molar-refractivity contribution is 5.55. The Balaban J connectivity index is 2.03. The van der Waals surface area contributed by atoms with Gasteiger partial charge in [0.1, 0.15) is 0 Å². The van der Waals surface area contributed by atoms with Crippen molar-refractivity contribution in [3.05, 3.63) is 41.5 Å². The standard InChI is InChI=1S/C14H19N/c1-2-15-11-5-7-12-6-3-4-8-14(12)13-9-10-13/h3-8,13,15H,2,9-11H2,1H3. The number of benzene rings is 1. The van der Waals surface area contributed by atoms with Crippen molar-refractivity contribution in [3.63, 3.8) is 0 Å². The first kappa shape index (κ1) is 10.4. The van der Waals surface area contributed by atoms with Gasteiger partial charge in [-0.15, -0.1) is 0 Å². The lowest BCUT2D eigenvalue weighted by atomic mass is 10.0. The van der Waals surface area contributed by atoms with Crippen molar-refractivity contribution in [2.24, 2.45) is 0 Å². The maximum Gasteiger partial charge on any atom is 0.0138 e. The molecular formula is C14H19N. The molecule has 1 saturated carbocycles. The summed E-state index contributed by atoms with van der Waals surface area (Å²) in [5, 5.41) is 3.30. The van der Waals surface area contributed by atoms with Crippen LogP contribution in [0.3, 0.4) is 0 Å². The van der Waals surface area contributed by atoms with E-state index in [1.54, 1.807) is 0 Å². The highest BCUT2D eigenvalue weighted by atomic mass is 14.8. The van der Waals surface area contributed by atoms with E-state index in [2.05, 4.69) is 48.7 Å². The summed E-state index contributed by atoms with van der Waals surface area (Å²) in [6.45, 7) is 4.14. The van der Waals surface area contributed by atoms with Crippen LogP contribution in [0.5, 0.6) is 0 Å². The fraction of sp³-hybridized carbons (Fsp3) is 0.429. The zero-order valence-corrected chi connectivity index (χ0v) is 9.37. The van der Waals surface area contributed by atoms with E-state index in [9.17, 15) is 0 Å². The summed E-state index contributed by atoms with van der Waals surface area (Å²) in [5.74, 6) is 0.838. The van der Waals surface area contributed by atoms with Crippen molar-refractivity contribution in [2.75, 3.05) is 13.1 Å². The first-order valence-corrected chi connectivity index (χ1v) is 5.88. The van der Waals surface area contributed by atoms with Crippen molar-refractivity contribution < 1.29 is 0 Å². The minimum absolute atomic E-state index is 0.838. The van der Waals surface area contributed by atoms with E-state index in [4.69, 9.17) is 0 Å². The summed E-state index contributed by atoms with van der Waals surface area (Å²) in [5.41, 5.74) is 2.93. The molecule has 15 heavy (non-hydrogen) atoms. The molecule has 1 aromatic carbocycles. The second-order valence-electron chi connectivity index (χ2n) is 4.11. The zero-order chi connectivity index (χ0) is 10.5. The quantitative estimate of drug-likeness (QED) is 0.721. The van der Waals surface area contributed by atoms with E-state index in [1.807, 2.05) is 0 Å². The summed E-state index contributed by atoms with van der Waals surface area (Å²) in [4.78, 5) is 0. The van der Waals surface area contributed by atoms with Gasteiger partial charge in [-0.05, 0) is 36.4 Å². The molecular weight excluding hydrogens is 182 g/mol. The Hall–Kier alpha value is -1.08. The molecule has 2 rings (SSSR count). The second kappa shape index (κ2) is 5.13. The molecule has 1 aliphatic carbocycles. The third-order valence-electron chi connectivity index (χ3n) is 2.82. The van der Waals surface area contributed by atoms with Crippen molar-refractivity contribution in [2.45, 2.75) is 25.7 Å².